The highest BCUT2D eigenvalue weighted by molar-refractivity contribution is 5.88. The number of anilines is 3. The number of hydrogen-bond acceptors (Lipinski definition) is 1. The number of rotatable bonds is 5. The van der Waals surface area contributed by atoms with Gasteiger partial charge in [0, 0.05) is 27.9 Å². The first-order valence-electron chi connectivity index (χ1n) is 17.4. The molecule has 0 spiro atoms. The average molecular weight is 630 g/mol. The van der Waals surface area contributed by atoms with Gasteiger partial charge in [-0.1, -0.05) is 143 Å². The van der Waals surface area contributed by atoms with Crippen LogP contribution < -0.4 is 4.90 Å². The molecule has 0 saturated carbocycles. The molecule has 236 valence electrons. The molecule has 0 unspecified atom stereocenters. The van der Waals surface area contributed by atoms with Crippen LogP contribution in [-0.4, -0.2) is 0 Å². The van der Waals surface area contributed by atoms with Crippen LogP contribution in [-0.2, 0) is 10.8 Å². The van der Waals surface area contributed by atoms with E-state index in [4.69, 9.17) is 0 Å². The Kier molecular flexibility index (Phi) is 6.58. The van der Waals surface area contributed by atoms with Gasteiger partial charge in [-0.15, -0.1) is 0 Å². The van der Waals surface area contributed by atoms with Crippen LogP contribution in [0, 0.1) is 0 Å². The van der Waals surface area contributed by atoms with E-state index in [1.807, 2.05) is 0 Å². The van der Waals surface area contributed by atoms with Crippen LogP contribution in [0.3, 0.4) is 0 Å². The lowest BCUT2D eigenvalue weighted by atomic mass is 9.82. The van der Waals surface area contributed by atoms with Crippen molar-refractivity contribution in [2.75, 3.05) is 4.90 Å². The SMILES string of the molecule is CC1(C)c2ccccc2-c2cc(-c3cccc(N(c4ccccc4)c4cccc(-c5ccc6c(c5)-c5ccccc5C6(C)C)c4)c3)ccc21. The summed E-state index contributed by atoms with van der Waals surface area (Å²) in [7, 11) is 0. The highest BCUT2D eigenvalue weighted by atomic mass is 15.1. The van der Waals surface area contributed by atoms with Gasteiger partial charge < -0.3 is 4.90 Å². The molecule has 7 aromatic rings. The molecule has 0 bridgehead atoms. The summed E-state index contributed by atoms with van der Waals surface area (Å²) in [4.78, 5) is 2.38. The zero-order valence-corrected chi connectivity index (χ0v) is 28.5. The standard InChI is InChI=1S/C48H39N/c1-47(2)43-22-10-8-20-39(43)41-30-34(24-26-45(41)47)32-14-12-18-37(28-32)49(36-16-6-5-7-17-36)38-19-13-15-33(29-38)35-25-27-46-42(31-35)40-21-9-11-23-44(40)48(46,3)4/h5-31H,1-4H3. The summed E-state index contributed by atoms with van der Waals surface area (Å²) in [5.41, 5.74) is 19.3. The second-order valence-electron chi connectivity index (χ2n) is 14.6. The zero-order chi connectivity index (χ0) is 33.3. The largest absolute Gasteiger partial charge is 0.310 e. The molecule has 0 saturated heterocycles. The minimum atomic E-state index is -0.000147. The Morgan fingerprint density at radius 1 is 0.306 bits per heavy atom. The van der Waals surface area contributed by atoms with Crippen LogP contribution in [0.4, 0.5) is 17.1 Å². The van der Waals surface area contributed by atoms with E-state index in [-0.39, 0.29) is 10.8 Å². The van der Waals surface area contributed by atoms with Gasteiger partial charge in [-0.3, -0.25) is 0 Å². The smallest absolute Gasteiger partial charge is 0.0467 e. The van der Waals surface area contributed by atoms with Crippen molar-refractivity contribution in [2.45, 2.75) is 38.5 Å². The molecule has 49 heavy (non-hydrogen) atoms. The summed E-state index contributed by atoms with van der Waals surface area (Å²) in [5, 5.41) is 0. The summed E-state index contributed by atoms with van der Waals surface area (Å²) < 4.78 is 0. The second-order valence-corrected chi connectivity index (χ2v) is 14.6. The minimum absolute atomic E-state index is 0.000147. The molecular formula is C48H39N. The fraction of sp³-hybridized carbons (Fsp3) is 0.125. The Morgan fingerprint density at radius 2 is 0.694 bits per heavy atom. The van der Waals surface area contributed by atoms with Gasteiger partial charge in [0.05, 0.1) is 0 Å². The molecule has 9 rings (SSSR count). The average Bonchev–Trinajstić information content (AvgIpc) is 3.51. The van der Waals surface area contributed by atoms with Crippen LogP contribution in [0.1, 0.15) is 49.9 Å². The van der Waals surface area contributed by atoms with Gasteiger partial charge in [-0.25, -0.2) is 0 Å². The van der Waals surface area contributed by atoms with E-state index in [9.17, 15) is 0 Å². The minimum Gasteiger partial charge on any atom is -0.310 e. The van der Waals surface area contributed by atoms with E-state index in [0.717, 1.165) is 17.1 Å². The Bertz CT molecular complexity index is 2240. The number of fused-ring (bicyclic) bond motifs is 6. The fourth-order valence-electron chi connectivity index (χ4n) is 8.47. The molecule has 0 atom stereocenters. The first-order chi connectivity index (χ1) is 23.8. The lowest BCUT2D eigenvalue weighted by Gasteiger charge is -2.26. The second kappa shape index (κ2) is 10.9. The van der Waals surface area contributed by atoms with Gasteiger partial charge in [0.1, 0.15) is 0 Å². The Balaban J connectivity index is 1.13. The van der Waals surface area contributed by atoms with Crippen molar-refractivity contribution in [3.8, 4) is 44.5 Å². The maximum Gasteiger partial charge on any atom is 0.0467 e. The zero-order valence-electron chi connectivity index (χ0n) is 28.5. The predicted molar refractivity (Wildman–Crippen MR) is 207 cm³/mol. The molecule has 1 heteroatoms. The third-order valence-electron chi connectivity index (χ3n) is 11.1. The van der Waals surface area contributed by atoms with E-state index < -0.39 is 0 Å². The predicted octanol–water partition coefficient (Wildman–Crippen LogP) is 13.1. The monoisotopic (exact) mass is 629 g/mol. The van der Waals surface area contributed by atoms with Crippen molar-refractivity contribution >= 4 is 17.1 Å². The maximum absolute atomic E-state index is 2.39. The number of para-hydroxylation sites is 1. The van der Waals surface area contributed by atoms with E-state index in [1.165, 1.54) is 66.8 Å². The third kappa shape index (κ3) is 4.60. The van der Waals surface area contributed by atoms with Crippen LogP contribution in [0.2, 0.25) is 0 Å². The summed E-state index contributed by atoms with van der Waals surface area (Å²) in [5.74, 6) is 0. The summed E-state index contributed by atoms with van der Waals surface area (Å²) in [6.45, 7) is 9.36. The van der Waals surface area contributed by atoms with E-state index in [1.54, 1.807) is 0 Å². The van der Waals surface area contributed by atoms with Gasteiger partial charge in [0.2, 0.25) is 0 Å². The normalized spacial score (nSPS) is 14.4. The Morgan fingerprint density at radius 3 is 1.18 bits per heavy atom. The molecule has 0 aromatic heterocycles. The van der Waals surface area contributed by atoms with Crippen LogP contribution in [0.25, 0.3) is 44.5 Å². The van der Waals surface area contributed by atoms with Gasteiger partial charge in [0.15, 0.2) is 0 Å². The molecule has 2 aliphatic carbocycles. The van der Waals surface area contributed by atoms with Crippen LogP contribution in [0.15, 0.2) is 164 Å². The molecule has 2 aliphatic rings. The van der Waals surface area contributed by atoms with Gasteiger partial charge >= 0.3 is 0 Å². The number of hydrogen-bond donors (Lipinski definition) is 0. The van der Waals surface area contributed by atoms with Crippen molar-refractivity contribution in [2.24, 2.45) is 0 Å². The molecule has 0 aliphatic heterocycles. The van der Waals surface area contributed by atoms with E-state index in [2.05, 4.69) is 196 Å². The van der Waals surface area contributed by atoms with Crippen molar-refractivity contribution in [3.63, 3.8) is 0 Å². The first kappa shape index (κ1) is 29.5. The van der Waals surface area contributed by atoms with Gasteiger partial charge in [-0.2, -0.15) is 0 Å². The molecule has 0 fully saturated rings. The first-order valence-corrected chi connectivity index (χ1v) is 17.4. The molecular weight excluding hydrogens is 591 g/mol. The highest BCUT2D eigenvalue weighted by Crippen LogP contribution is 2.51. The van der Waals surface area contributed by atoms with Crippen molar-refractivity contribution < 1.29 is 0 Å². The molecule has 7 aromatic carbocycles. The molecule has 0 radical (unpaired) electrons. The van der Waals surface area contributed by atoms with E-state index in [0.29, 0.717) is 0 Å². The van der Waals surface area contributed by atoms with E-state index >= 15 is 0 Å². The highest BCUT2D eigenvalue weighted by Gasteiger charge is 2.36. The van der Waals surface area contributed by atoms with Crippen molar-refractivity contribution in [1.82, 2.24) is 0 Å². The Hall–Kier alpha value is -5.66. The van der Waals surface area contributed by atoms with Crippen molar-refractivity contribution in [1.29, 1.82) is 0 Å². The lowest BCUT2D eigenvalue weighted by Crippen LogP contribution is -2.14. The number of nitrogens with zero attached hydrogens (tertiary/aromatic N) is 1. The van der Waals surface area contributed by atoms with Gasteiger partial charge in [0.25, 0.3) is 0 Å². The molecule has 0 heterocycles. The van der Waals surface area contributed by atoms with Crippen LogP contribution in [0.5, 0.6) is 0 Å². The fourth-order valence-corrected chi connectivity index (χ4v) is 8.47. The maximum atomic E-state index is 2.39. The van der Waals surface area contributed by atoms with Gasteiger partial charge in [-0.05, 0) is 115 Å². The van der Waals surface area contributed by atoms with Crippen molar-refractivity contribution in [3.05, 3.63) is 186 Å². The summed E-state index contributed by atoms with van der Waals surface area (Å²) >= 11 is 0. The molecule has 0 N–H and O–H groups in total. The Labute approximate surface area is 290 Å². The topological polar surface area (TPSA) is 3.24 Å². The quantitative estimate of drug-likeness (QED) is 0.183. The number of benzene rings is 7. The lowest BCUT2D eigenvalue weighted by molar-refractivity contribution is 0.660. The van der Waals surface area contributed by atoms with Crippen LogP contribution >= 0.6 is 0 Å². The summed E-state index contributed by atoms with van der Waals surface area (Å²) in [6, 6.07) is 60.5. The summed E-state index contributed by atoms with van der Waals surface area (Å²) in [6.07, 6.45) is 0. The molecule has 1 nitrogen and oxygen atoms in total. The molecule has 0 amide bonds. The third-order valence-corrected chi connectivity index (χ3v) is 11.1.